The van der Waals surface area contributed by atoms with Crippen LogP contribution in [0.1, 0.15) is 30.9 Å². The van der Waals surface area contributed by atoms with Crippen LogP contribution in [0, 0.1) is 5.92 Å². The van der Waals surface area contributed by atoms with Gasteiger partial charge in [-0.2, -0.15) is 0 Å². The lowest BCUT2D eigenvalue weighted by molar-refractivity contribution is -0.142. The SMILES string of the molecule is CCCC(CNC(=O)C1Cc2ccccc2CN1)C(=O)O. The monoisotopic (exact) mass is 290 g/mol. The molecule has 0 spiro atoms. The third kappa shape index (κ3) is 4.04. The smallest absolute Gasteiger partial charge is 0.308 e. The minimum Gasteiger partial charge on any atom is -0.481 e. The van der Waals surface area contributed by atoms with Crippen molar-refractivity contribution in [3.05, 3.63) is 35.4 Å². The number of aliphatic carboxylic acids is 1. The third-order valence-electron chi connectivity index (χ3n) is 3.91. The predicted octanol–water partition coefficient (Wildman–Crippen LogP) is 1.32. The van der Waals surface area contributed by atoms with Gasteiger partial charge >= 0.3 is 5.97 Å². The van der Waals surface area contributed by atoms with Gasteiger partial charge in [0.05, 0.1) is 12.0 Å². The van der Waals surface area contributed by atoms with Gasteiger partial charge in [-0.1, -0.05) is 37.6 Å². The van der Waals surface area contributed by atoms with E-state index >= 15 is 0 Å². The molecule has 114 valence electrons. The maximum atomic E-state index is 12.2. The Hall–Kier alpha value is -1.88. The van der Waals surface area contributed by atoms with E-state index in [0.717, 1.165) is 6.42 Å². The number of carbonyl (C=O) groups excluding carboxylic acids is 1. The van der Waals surface area contributed by atoms with Crippen LogP contribution in [0.3, 0.4) is 0 Å². The van der Waals surface area contributed by atoms with Gasteiger partial charge in [-0.3, -0.25) is 9.59 Å². The van der Waals surface area contributed by atoms with Crippen molar-refractivity contribution in [3.8, 4) is 0 Å². The number of benzene rings is 1. The van der Waals surface area contributed by atoms with E-state index in [1.807, 2.05) is 25.1 Å². The van der Waals surface area contributed by atoms with Crippen molar-refractivity contribution in [3.63, 3.8) is 0 Å². The highest BCUT2D eigenvalue weighted by molar-refractivity contribution is 5.83. The summed E-state index contributed by atoms with van der Waals surface area (Å²) in [6.45, 7) is 2.81. The zero-order valence-corrected chi connectivity index (χ0v) is 12.3. The zero-order chi connectivity index (χ0) is 15.2. The van der Waals surface area contributed by atoms with Crippen molar-refractivity contribution in [1.82, 2.24) is 10.6 Å². The molecule has 0 aliphatic carbocycles. The predicted molar refractivity (Wildman–Crippen MR) is 79.8 cm³/mol. The van der Waals surface area contributed by atoms with Gasteiger partial charge in [0.2, 0.25) is 5.91 Å². The first-order valence-corrected chi connectivity index (χ1v) is 7.42. The van der Waals surface area contributed by atoms with Gasteiger partial charge in [0, 0.05) is 13.1 Å². The molecule has 0 saturated heterocycles. The van der Waals surface area contributed by atoms with Gasteiger partial charge in [0.1, 0.15) is 0 Å². The number of fused-ring (bicyclic) bond motifs is 1. The van der Waals surface area contributed by atoms with E-state index < -0.39 is 11.9 Å². The average molecular weight is 290 g/mol. The number of hydrogen-bond donors (Lipinski definition) is 3. The van der Waals surface area contributed by atoms with Gasteiger partial charge in [-0.05, 0) is 24.0 Å². The van der Waals surface area contributed by atoms with Crippen LogP contribution in [-0.4, -0.2) is 29.6 Å². The summed E-state index contributed by atoms with van der Waals surface area (Å²) in [4.78, 5) is 23.2. The van der Waals surface area contributed by atoms with Crippen LogP contribution in [0.4, 0.5) is 0 Å². The van der Waals surface area contributed by atoms with Crippen LogP contribution >= 0.6 is 0 Å². The molecule has 0 bridgehead atoms. The summed E-state index contributed by atoms with van der Waals surface area (Å²) in [5.74, 6) is -1.47. The lowest BCUT2D eigenvalue weighted by Gasteiger charge is -2.25. The number of amides is 1. The molecule has 1 aliphatic rings. The minimum absolute atomic E-state index is 0.119. The van der Waals surface area contributed by atoms with Crippen LogP contribution in [0.15, 0.2) is 24.3 Å². The number of carboxylic acids is 1. The Labute approximate surface area is 124 Å². The molecule has 1 aliphatic heterocycles. The van der Waals surface area contributed by atoms with Crippen LogP contribution in [0.25, 0.3) is 0 Å². The Bertz CT molecular complexity index is 516. The molecule has 0 radical (unpaired) electrons. The molecule has 0 aromatic heterocycles. The minimum atomic E-state index is -0.848. The van der Waals surface area contributed by atoms with E-state index in [-0.39, 0.29) is 18.5 Å². The molecule has 0 saturated carbocycles. The van der Waals surface area contributed by atoms with Gasteiger partial charge in [0.25, 0.3) is 0 Å². The molecule has 21 heavy (non-hydrogen) atoms. The summed E-state index contributed by atoms with van der Waals surface area (Å²) in [6, 6.07) is 7.77. The molecule has 2 unspecified atom stereocenters. The number of carboxylic acid groups (broad SMARTS) is 1. The van der Waals surface area contributed by atoms with E-state index in [1.54, 1.807) is 0 Å². The number of rotatable bonds is 6. The molecule has 2 atom stereocenters. The summed E-state index contributed by atoms with van der Waals surface area (Å²) >= 11 is 0. The van der Waals surface area contributed by atoms with Gasteiger partial charge in [-0.25, -0.2) is 0 Å². The highest BCUT2D eigenvalue weighted by atomic mass is 16.4. The molecule has 5 heteroatoms. The standard InChI is InChI=1S/C16H22N2O3/c1-2-5-13(16(20)21)10-18-15(19)14-8-11-6-3-4-7-12(11)9-17-14/h3-4,6-7,13-14,17H,2,5,8-10H2,1H3,(H,18,19)(H,20,21). The number of hydrogen-bond acceptors (Lipinski definition) is 3. The second-order valence-electron chi connectivity index (χ2n) is 5.48. The highest BCUT2D eigenvalue weighted by Gasteiger charge is 2.25. The molecular formula is C16H22N2O3. The van der Waals surface area contributed by atoms with Gasteiger partial charge in [0.15, 0.2) is 0 Å². The fraction of sp³-hybridized carbons (Fsp3) is 0.500. The fourth-order valence-corrected chi connectivity index (χ4v) is 2.65. The van der Waals surface area contributed by atoms with E-state index in [2.05, 4.69) is 16.7 Å². The molecule has 1 amide bonds. The van der Waals surface area contributed by atoms with Crippen LogP contribution in [-0.2, 0) is 22.6 Å². The van der Waals surface area contributed by atoms with Crippen molar-refractivity contribution in [2.24, 2.45) is 5.92 Å². The van der Waals surface area contributed by atoms with E-state index in [9.17, 15) is 9.59 Å². The molecule has 1 aromatic carbocycles. The number of nitrogens with one attached hydrogen (secondary N) is 2. The largest absolute Gasteiger partial charge is 0.481 e. The molecule has 1 heterocycles. The molecule has 3 N–H and O–H groups in total. The van der Waals surface area contributed by atoms with Crippen LogP contribution in [0.5, 0.6) is 0 Å². The Balaban J connectivity index is 1.89. The lowest BCUT2D eigenvalue weighted by atomic mass is 9.95. The summed E-state index contributed by atoms with van der Waals surface area (Å²) < 4.78 is 0. The van der Waals surface area contributed by atoms with Crippen molar-refractivity contribution in [1.29, 1.82) is 0 Å². The summed E-state index contributed by atoms with van der Waals surface area (Å²) in [5.41, 5.74) is 2.40. The Morgan fingerprint density at radius 2 is 2.10 bits per heavy atom. The number of carbonyl (C=O) groups is 2. The van der Waals surface area contributed by atoms with Crippen LogP contribution in [0.2, 0.25) is 0 Å². The fourth-order valence-electron chi connectivity index (χ4n) is 2.65. The summed E-state index contributed by atoms with van der Waals surface area (Å²) in [7, 11) is 0. The first-order chi connectivity index (χ1) is 10.1. The first-order valence-electron chi connectivity index (χ1n) is 7.42. The van der Waals surface area contributed by atoms with E-state index in [0.29, 0.717) is 19.4 Å². The molecular weight excluding hydrogens is 268 g/mol. The topological polar surface area (TPSA) is 78.4 Å². The Morgan fingerprint density at radius 1 is 1.38 bits per heavy atom. The molecule has 2 rings (SSSR count). The van der Waals surface area contributed by atoms with Gasteiger partial charge in [-0.15, -0.1) is 0 Å². The molecule has 0 fully saturated rings. The van der Waals surface area contributed by atoms with Gasteiger partial charge < -0.3 is 15.7 Å². The van der Waals surface area contributed by atoms with Crippen molar-refractivity contribution >= 4 is 11.9 Å². The molecule has 1 aromatic rings. The van der Waals surface area contributed by atoms with Crippen molar-refractivity contribution in [2.45, 2.75) is 38.8 Å². The van der Waals surface area contributed by atoms with Crippen molar-refractivity contribution < 1.29 is 14.7 Å². The Kier molecular flexibility index (Phi) is 5.33. The summed E-state index contributed by atoms with van der Waals surface area (Å²) in [6.07, 6.45) is 2.02. The highest BCUT2D eigenvalue weighted by Crippen LogP contribution is 2.16. The quantitative estimate of drug-likeness (QED) is 0.738. The van der Waals surface area contributed by atoms with Crippen LogP contribution < -0.4 is 10.6 Å². The van der Waals surface area contributed by atoms with E-state index in [4.69, 9.17) is 5.11 Å². The summed E-state index contributed by atoms with van der Waals surface area (Å²) in [5, 5.41) is 15.1. The maximum Gasteiger partial charge on any atom is 0.308 e. The normalized spacial score (nSPS) is 18.6. The zero-order valence-electron chi connectivity index (χ0n) is 12.3. The Morgan fingerprint density at radius 3 is 2.76 bits per heavy atom. The lowest BCUT2D eigenvalue weighted by Crippen LogP contribution is -2.49. The second kappa shape index (κ2) is 7.22. The van der Waals surface area contributed by atoms with E-state index in [1.165, 1.54) is 11.1 Å². The third-order valence-corrected chi connectivity index (χ3v) is 3.91. The van der Waals surface area contributed by atoms with Crippen molar-refractivity contribution in [2.75, 3.05) is 6.54 Å². The second-order valence-corrected chi connectivity index (χ2v) is 5.48. The maximum absolute atomic E-state index is 12.2. The first kappa shape index (κ1) is 15.5. The molecule has 5 nitrogen and oxygen atoms in total. The average Bonchev–Trinajstić information content (AvgIpc) is 2.50.